The number of hydrogen-bond acceptors (Lipinski definition) is 8. The van der Waals surface area contributed by atoms with E-state index in [4.69, 9.17) is 37.3 Å². The zero-order chi connectivity index (χ0) is 9.00. The third-order valence-electron chi connectivity index (χ3n) is 0. The molecule has 0 heterocycles. The van der Waals surface area contributed by atoms with Gasteiger partial charge in [-0.3, -0.25) is 0 Å². The Bertz CT molecular complexity index is 57.2. The van der Waals surface area contributed by atoms with Gasteiger partial charge in [0.25, 0.3) is 0 Å². The Morgan fingerprint density at radius 3 is 0.353 bits per heavy atom. The van der Waals surface area contributed by atoms with E-state index in [9.17, 15) is 0 Å². The van der Waals surface area contributed by atoms with Crippen LogP contribution < -0.4 is 37.3 Å². The molecule has 0 fully saturated rings. The van der Waals surface area contributed by atoms with Crippen molar-refractivity contribution in [3.8, 4) is 0 Å². The molecule has 17 heteroatoms. The number of rotatable bonds is 0. The number of halogens is 2. The van der Waals surface area contributed by atoms with Gasteiger partial charge in [0.1, 0.15) is 0 Å². The van der Waals surface area contributed by atoms with Crippen molar-refractivity contribution < 1.29 is 90.6 Å². The van der Waals surface area contributed by atoms with Crippen LogP contribution in [-0.2, 0) is 0 Å². The van der Waals surface area contributed by atoms with E-state index in [1.54, 1.807) is 0 Å². The van der Waals surface area contributed by atoms with Gasteiger partial charge < -0.3 is 32.9 Å². The van der Waals surface area contributed by atoms with Crippen molar-refractivity contribution in [2.75, 3.05) is 0 Å². The molecule has 0 aromatic rings. The van der Waals surface area contributed by atoms with Crippen LogP contribution in [0.5, 0.6) is 0 Å². The third-order valence-corrected chi connectivity index (χ3v) is 0. The van der Waals surface area contributed by atoms with Gasteiger partial charge in [0.05, 0.1) is 0 Å². The zero-order valence-corrected chi connectivity index (χ0v) is 12.7. The Kier molecular flexibility index (Phi) is 96.5. The molecule has 14 nitrogen and oxygen atoms in total. The molecule has 0 unspecified atom stereocenters. The molecular weight excluding hydrogens is 383 g/mol. The van der Waals surface area contributed by atoms with E-state index in [1.807, 2.05) is 0 Å². The van der Waals surface area contributed by atoms with E-state index in [0.29, 0.717) is 0 Å². The van der Waals surface area contributed by atoms with Crippen LogP contribution in [0.4, 0.5) is 0 Å². The first kappa shape index (κ1) is 62.8. The predicted molar refractivity (Wildman–Crippen MR) is 27.4 cm³/mol. The Labute approximate surface area is 135 Å². The van der Waals surface area contributed by atoms with Crippen molar-refractivity contribution in [3.05, 3.63) is 0 Å². The second kappa shape index (κ2) is 26.1. The van der Waals surface area contributed by atoms with Crippen LogP contribution in [0.1, 0.15) is 0 Å². The summed E-state index contributed by atoms with van der Waals surface area (Å²) in [6.45, 7) is 0. The van der Waals surface area contributed by atoms with Crippen molar-refractivity contribution in [2.24, 2.45) is 0 Å². The second-order valence-electron chi connectivity index (χ2n) is 0.756. The summed E-state index contributed by atoms with van der Waals surface area (Å²) in [4.78, 5) is 0. The summed E-state index contributed by atoms with van der Waals surface area (Å²) in [6, 6.07) is 0. The number of hydrogen-bond donors (Lipinski definition) is 0. The molecule has 0 saturated heterocycles. The Morgan fingerprint density at radius 1 is 0.353 bits per heavy atom. The van der Waals surface area contributed by atoms with Crippen molar-refractivity contribution in [3.63, 3.8) is 0 Å². The van der Waals surface area contributed by atoms with Crippen LogP contribution in [0, 0.1) is 20.5 Å². The topological polar surface area (TPSA) is 373 Å². The van der Waals surface area contributed by atoms with Crippen molar-refractivity contribution in [1.82, 2.24) is 0 Å². The van der Waals surface area contributed by atoms with E-state index >= 15 is 0 Å². The molecule has 0 radical (unpaired) electrons. The van der Waals surface area contributed by atoms with E-state index in [2.05, 4.69) is 0 Å². The molecule has 0 aliphatic rings. The standard InChI is InChI=1S/2ClHO4.6H2O.Sr/c2*2-1(3,4)5;;;;;;;/h2*(H,2,3,4,5);6*1H2;/q;;;;;;;;+2/p-2. The van der Waals surface area contributed by atoms with Crippen LogP contribution in [0.15, 0.2) is 0 Å². The summed E-state index contributed by atoms with van der Waals surface area (Å²) >= 11 is 0. The summed E-state index contributed by atoms with van der Waals surface area (Å²) < 4.78 is 67.9. The fraction of sp³-hybridized carbons (Fsp3) is 0. The molecule has 0 bridgehead atoms. The van der Waals surface area contributed by atoms with Crippen LogP contribution in [0.25, 0.3) is 0 Å². The van der Waals surface area contributed by atoms with E-state index in [1.165, 1.54) is 0 Å². The predicted octanol–water partition coefficient (Wildman–Crippen LogP) is -14.8. The smallest absolute Gasteiger partial charge is 0.412 e. The Hall–Kier alpha value is 1.50. The molecule has 0 amide bonds. The normalized spacial score (nSPS) is 7.06. The molecule has 0 saturated carbocycles. The second-order valence-corrected chi connectivity index (χ2v) is 2.27. The van der Waals surface area contributed by atoms with Gasteiger partial charge in [-0.1, -0.05) is 0 Å². The van der Waals surface area contributed by atoms with Crippen molar-refractivity contribution in [1.29, 1.82) is 0 Å². The maximum absolute atomic E-state index is 8.49. The maximum atomic E-state index is 8.49. The average molecular weight is 395 g/mol. The summed E-state index contributed by atoms with van der Waals surface area (Å²) in [5.74, 6) is 0. The minimum Gasteiger partial charge on any atom is -0.412 e. The fourth-order valence-corrected chi connectivity index (χ4v) is 0. The molecule has 12 N–H and O–H groups in total. The summed E-state index contributed by atoms with van der Waals surface area (Å²) in [7, 11) is -9.89. The molecule has 0 spiro atoms. The third kappa shape index (κ3) is 1870. The van der Waals surface area contributed by atoms with Gasteiger partial charge in [0.15, 0.2) is 0 Å². The SMILES string of the molecule is O.O.O.O.O.O.[O-][Cl+3]([O-])([O-])[O-].[O-][Cl+3]([O-])([O-])[O-].[Sr+2]. The molecular formula is H12Cl2O14Sr. The van der Waals surface area contributed by atoms with Crippen LogP contribution in [0.2, 0.25) is 0 Å². The van der Waals surface area contributed by atoms with Crippen molar-refractivity contribution >= 4 is 45.5 Å². The largest absolute Gasteiger partial charge is 2.00 e. The van der Waals surface area contributed by atoms with Gasteiger partial charge in [0.2, 0.25) is 0 Å². The monoisotopic (exact) mass is 394 g/mol. The van der Waals surface area contributed by atoms with E-state index in [-0.39, 0.29) is 78.3 Å². The Balaban J connectivity index is -0.00000000762. The first-order chi connectivity index (χ1) is 4.00. The van der Waals surface area contributed by atoms with Gasteiger partial charge >= 0.3 is 45.5 Å². The van der Waals surface area contributed by atoms with Gasteiger partial charge in [-0.05, 0) is 0 Å². The van der Waals surface area contributed by atoms with Crippen LogP contribution >= 0.6 is 0 Å². The minimum atomic E-state index is -4.94. The van der Waals surface area contributed by atoms with Crippen molar-refractivity contribution in [2.45, 2.75) is 0 Å². The summed E-state index contributed by atoms with van der Waals surface area (Å²) in [5, 5.41) is 0. The van der Waals surface area contributed by atoms with Crippen LogP contribution in [0.3, 0.4) is 0 Å². The summed E-state index contributed by atoms with van der Waals surface area (Å²) in [5.41, 5.74) is 0. The first-order valence-electron chi connectivity index (χ1n) is 1.23. The Morgan fingerprint density at radius 2 is 0.353 bits per heavy atom. The van der Waals surface area contributed by atoms with E-state index in [0.717, 1.165) is 0 Å². The molecule has 0 aromatic heterocycles. The molecule has 0 atom stereocenters. The average Bonchev–Trinajstić information content (AvgIpc) is 1.12. The van der Waals surface area contributed by atoms with Gasteiger partial charge in [0, 0.05) is 0 Å². The van der Waals surface area contributed by atoms with Gasteiger partial charge in [-0.25, -0.2) is 37.3 Å². The molecule has 0 aromatic carbocycles. The molecule has 0 rings (SSSR count). The zero-order valence-electron chi connectivity index (χ0n) is 7.73. The fourth-order valence-electron chi connectivity index (χ4n) is 0. The molecule has 0 aliphatic heterocycles. The maximum Gasteiger partial charge on any atom is 2.00 e. The van der Waals surface area contributed by atoms with Gasteiger partial charge in [-0.15, -0.1) is 20.5 Å². The molecule has 112 valence electrons. The first-order valence-corrected chi connectivity index (χ1v) is 3.70. The van der Waals surface area contributed by atoms with Crippen LogP contribution in [-0.4, -0.2) is 78.3 Å². The molecule has 0 aliphatic carbocycles. The van der Waals surface area contributed by atoms with E-state index < -0.39 is 20.5 Å². The molecule has 17 heavy (non-hydrogen) atoms. The summed E-state index contributed by atoms with van der Waals surface area (Å²) in [6.07, 6.45) is 0. The quantitative estimate of drug-likeness (QED) is 0.353. The van der Waals surface area contributed by atoms with Gasteiger partial charge in [-0.2, -0.15) is 0 Å². The minimum absolute atomic E-state index is 0.